The van der Waals surface area contributed by atoms with E-state index in [0.717, 1.165) is 5.56 Å². The van der Waals surface area contributed by atoms with E-state index in [-0.39, 0.29) is 13.0 Å². The second kappa shape index (κ2) is 10.9. The number of carbonyl (C=O) groups is 4. The third kappa shape index (κ3) is 7.84. The predicted octanol–water partition coefficient (Wildman–Crippen LogP) is -2.26. The lowest BCUT2D eigenvalue weighted by molar-refractivity contribution is -0.138. The molecule has 0 saturated heterocycles. The molecular weight excluding hydrogens is 356 g/mol. The summed E-state index contributed by atoms with van der Waals surface area (Å²) in [5.74, 6) is -3.38. The summed E-state index contributed by atoms with van der Waals surface area (Å²) in [6.45, 7) is 0.324. The van der Waals surface area contributed by atoms with Gasteiger partial charge in [0.15, 0.2) is 0 Å². The quantitative estimate of drug-likeness (QED) is 0.266. The van der Waals surface area contributed by atoms with Crippen LogP contribution in [0.2, 0.25) is 0 Å². The number of aliphatic hydroxyl groups excluding tert-OH is 1. The van der Waals surface area contributed by atoms with E-state index in [0.29, 0.717) is 0 Å². The maximum absolute atomic E-state index is 12.5. The molecule has 0 heterocycles. The minimum Gasteiger partial charge on any atom is -0.480 e. The van der Waals surface area contributed by atoms with Crippen LogP contribution in [0.25, 0.3) is 0 Å². The van der Waals surface area contributed by atoms with Crippen molar-refractivity contribution in [1.82, 2.24) is 16.0 Å². The lowest BCUT2D eigenvalue weighted by Crippen LogP contribution is -2.58. The first-order valence-corrected chi connectivity index (χ1v) is 8.26. The van der Waals surface area contributed by atoms with E-state index >= 15 is 0 Å². The molecule has 27 heavy (non-hydrogen) atoms. The number of aliphatic carboxylic acids is 1. The van der Waals surface area contributed by atoms with Crippen molar-refractivity contribution >= 4 is 23.7 Å². The van der Waals surface area contributed by atoms with Crippen LogP contribution < -0.4 is 21.7 Å². The molecule has 3 atom stereocenters. The van der Waals surface area contributed by atoms with Crippen molar-refractivity contribution in [3.8, 4) is 0 Å². The van der Waals surface area contributed by atoms with Gasteiger partial charge in [-0.2, -0.15) is 0 Å². The van der Waals surface area contributed by atoms with Crippen LogP contribution in [0.3, 0.4) is 0 Å². The molecule has 1 aromatic carbocycles. The second-order valence-corrected chi connectivity index (χ2v) is 5.85. The number of carboxylic acids is 1. The van der Waals surface area contributed by atoms with Gasteiger partial charge in [-0.1, -0.05) is 30.3 Å². The van der Waals surface area contributed by atoms with Crippen molar-refractivity contribution in [2.75, 3.05) is 13.1 Å². The zero-order valence-electron chi connectivity index (χ0n) is 14.8. The number of nitrogens with two attached hydrogens (primary N) is 1. The smallest absolute Gasteiger partial charge is 0.322 e. The lowest BCUT2D eigenvalue weighted by atomic mass is 10.0. The van der Waals surface area contributed by atoms with Crippen LogP contribution in [0.5, 0.6) is 0 Å². The molecule has 1 rings (SSSR count). The van der Waals surface area contributed by atoms with Gasteiger partial charge in [0.2, 0.25) is 17.7 Å². The number of amides is 3. The Morgan fingerprint density at radius 1 is 1.07 bits per heavy atom. The number of carboxylic acid groups (broad SMARTS) is 1. The fraction of sp³-hybridized carbons (Fsp3) is 0.412. The summed E-state index contributed by atoms with van der Waals surface area (Å²) in [4.78, 5) is 46.9. The van der Waals surface area contributed by atoms with Crippen LogP contribution in [0.4, 0.5) is 0 Å². The highest BCUT2D eigenvalue weighted by molar-refractivity contribution is 5.93. The Morgan fingerprint density at radius 3 is 2.22 bits per heavy atom. The number of hydrogen-bond donors (Lipinski definition) is 6. The van der Waals surface area contributed by atoms with E-state index < -0.39 is 48.4 Å². The maximum atomic E-state index is 12.5. The Kier molecular flexibility index (Phi) is 8.90. The topological polar surface area (TPSA) is 171 Å². The summed E-state index contributed by atoms with van der Waals surface area (Å²) in [5.41, 5.74) is 5.92. The fourth-order valence-corrected chi connectivity index (χ4v) is 2.24. The summed E-state index contributed by atoms with van der Waals surface area (Å²) < 4.78 is 0. The van der Waals surface area contributed by atoms with Crippen LogP contribution in [-0.2, 0) is 25.6 Å². The Morgan fingerprint density at radius 2 is 1.70 bits per heavy atom. The molecule has 0 bridgehead atoms. The number of nitrogens with one attached hydrogen (secondary N) is 3. The van der Waals surface area contributed by atoms with Gasteiger partial charge in [-0.15, -0.1) is 0 Å². The first-order valence-electron chi connectivity index (χ1n) is 8.26. The molecule has 10 nitrogen and oxygen atoms in total. The number of benzene rings is 1. The van der Waals surface area contributed by atoms with E-state index in [4.69, 9.17) is 10.8 Å². The molecule has 0 aliphatic rings. The Hall–Kier alpha value is -2.98. The highest BCUT2D eigenvalue weighted by atomic mass is 16.4. The molecule has 1 aromatic rings. The normalized spacial score (nSPS) is 13.7. The van der Waals surface area contributed by atoms with E-state index in [9.17, 15) is 24.3 Å². The molecule has 0 aromatic heterocycles. The van der Waals surface area contributed by atoms with Crippen molar-refractivity contribution in [2.45, 2.75) is 31.5 Å². The number of carbonyl (C=O) groups excluding carboxylic acids is 3. The Labute approximate surface area is 156 Å². The molecule has 148 valence electrons. The molecular formula is C17H24N4O6. The van der Waals surface area contributed by atoms with Crippen LogP contribution in [-0.4, -0.2) is 65.2 Å². The van der Waals surface area contributed by atoms with Gasteiger partial charge in [-0.05, 0) is 12.5 Å². The number of rotatable bonds is 10. The molecule has 0 radical (unpaired) electrons. The summed E-state index contributed by atoms with van der Waals surface area (Å²) in [6.07, 6.45) is -1.14. The summed E-state index contributed by atoms with van der Waals surface area (Å²) in [7, 11) is 0. The van der Waals surface area contributed by atoms with Crippen LogP contribution in [0.15, 0.2) is 30.3 Å². The van der Waals surface area contributed by atoms with Crippen molar-refractivity contribution in [1.29, 1.82) is 0 Å². The zero-order valence-corrected chi connectivity index (χ0v) is 14.8. The molecule has 3 unspecified atom stereocenters. The minimum atomic E-state index is -1.31. The van der Waals surface area contributed by atoms with Gasteiger partial charge in [0, 0.05) is 6.42 Å². The standard InChI is InChI=1S/C17H24N4O6/c1-10(22)15(21-13(23)8-18)17(27)20-12(16(26)19-9-14(24)25)7-11-5-3-2-4-6-11/h2-6,10,12,15,22H,7-9,18H2,1H3,(H,19,26)(H,20,27)(H,21,23)(H,24,25). The lowest BCUT2D eigenvalue weighted by Gasteiger charge is -2.24. The largest absolute Gasteiger partial charge is 0.480 e. The summed E-state index contributed by atoms with van der Waals surface area (Å²) in [5, 5.41) is 25.4. The maximum Gasteiger partial charge on any atom is 0.322 e. The first-order chi connectivity index (χ1) is 12.7. The minimum absolute atomic E-state index is 0.0927. The fourth-order valence-electron chi connectivity index (χ4n) is 2.24. The molecule has 0 aliphatic heterocycles. The monoisotopic (exact) mass is 380 g/mol. The van der Waals surface area contributed by atoms with Gasteiger partial charge < -0.3 is 31.9 Å². The molecule has 0 spiro atoms. The van der Waals surface area contributed by atoms with Gasteiger partial charge in [-0.3, -0.25) is 19.2 Å². The first kappa shape index (κ1) is 22.1. The van der Waals surface area contributed by atoms with Crippen molar-refractivity contribution in [2.24, 2.45) is 5.73 Å². The van der Waals surface area contributed by atoms with Gasteiger partial charge in [0.1, 0.15) is 18.6 Å². The Bertz CT molecular complexity index is 665. The van der Waals surface area contributed by atoms with Gasteiger partial charge in [0.05, 0.1) is 12.6 Å². The van der Waals surface area contributed by atoms with Gasteiger partial charge in [0.25, 0.3) is 0 Å². The molecule has 7 N–H and O–H groups in total. The van der Waals surface area contributed by atoms with E-state index in [1.54, 1.807) is 30.3 Å². The average Bonchev–Trinajstić information content (AvgIpc) is 2.63. The second-order valence-electron chi connectivity index (χ2n) is 5.85. The molecule has 0 aliphatic carbocycles. The van der Waals surface area contributed by atoms with E-state index in [1.165, 1.54) is 6.92 Å². The SMILES string of the molecule is CC(O)C(NC(=O)CN)C(=O)NC(Cc1ccccc1)C(=O)NCC(=O)O. The van der Waals surface area contributed by atoms with Crippen LogP contribution in [0.1, 0.15) is 12.5 Å². The predicted molar refractivity (Wildman–Crippen MR) is 95.4 cm³/mol. The van der Waals surface area contributed by atoms with Crippen LogP contribution >= 0.6 is 0 Å². The molecule has 10 heteroatoms. The van der Waals surface area contributed by atoms with E-state index in [2.05, 4.69) is 16.0 Å². The van der Waals surface area contributed by atoms with Gasteiger partial charge in [-0.25, -0.2) is 0 Å². The third-order valence-corrected chi connectivity index (χ3v) is 3.60. The molecule has 0 fully saturated rings. The summed E-state index contributed by atoms with van der Waals surface area (Å²) >= 11 is 0. The number of aliphatic hydroxyl groups is 1. The highest BCUT2D eigenvalue weighted by Gasteiger charge is 2.29. The van der Waals surface area contributed by atoms with Crippen molar-refractivity contribution < 1.29 is 29.4 Å². The van der Waals surface area contributed by atoms with E-state index in [1.807, 2.05) is 0 Å². The molecule has 0 saturated carbocycles. The van der Waals surface area contributed by atoms with Crippen molar-refractivity contribution in [3.63, 3.8) is 0 Å². The highest BCUT2D eigenvalue weighted by Crippen LogP contribution is 2.05. The Balaban J connectivity index is 2.92. The summed E-state index contributed by atoms with van der Waals surface area (Å²) in [6, 6.07) is 6.36. The number of hydrogen-bond acceptors (Lipinski definition) is 6. The third-order valence-electron chi connectivity index (χ3n) is 3.60. The zero-order chi connectivity index (χ0) is 20.4. The molecule has 3 amide bonds. The average molecular weight is 380 g/mol. The van der Waals surface area contributed by atoms with Gasteiger partial charge >= 0.3 is 5.97 Å². The van der Waals surface area contributed by atoms with Crippen molar-refractivity contribution in [3.05, 3.63) is 35.9 Å². The van der Waals surface area contributed by atoms with Crippen LogP contribution in [0, 0.1) is 0 Å².